The number of furan rings is 1. The summed E-state index contributed by atoms with van der Waals surface area (Å²) in [6.45, 7) is 10.0. The van der Waals surface area contributed by atoms with Gasteiger partial charge < -0.3 is 18.8 Å². The van der Waals surface area contributed by atoms with Crippen molar-refractivity contribution < 1.29 is 23.5 Å². The molecule has 1 aliphatic rings. The van der Waals surface area contributed by atoms with E-state index in [1.54, 1.807) is 11.0 Å². The number of carbonyl (C=O) groups excluding carboxylic acids is 2. The Balaban J connectivity index is 1.59. The van der Waals surface area contributed by atoms with Gasteiger partial charge in [-0.25, -0.2) is 9.69 Å². The zero-order valence-electron chi connectivity index (χ0n) is 19.9. The Bertz CT molecular complexity index is 1190. The van der Waals surface area contributed by atoms with Crippen LogP contribution in [0.15, 0.2) is 46.9 Å². The highest BCUT2D eigenvalue weighted by atomic mass is 35.5. The lowest BCUT2D eigenvalue weighted by Crippen LogP contribution is -2.40. The van der Waals surface area contributed by atoms with E-state index in [4.69, 9.17) is 25.5 Å². The maximum Gasteiger partial charge on any atom is 0.417 e. The summed E-state index contributed by atoms with van der Waals surface area (Å²) in [5.41, 5.74) is 2.33. The average Bonchev–Trinajstić information content (AvgIpc) is 3.23. The maximum absolute atomic E-state index is 12.7. The summed E-state index contributed by atoms with van der Waals surface area (Å²) in [5.74, 6) is 0.377. The van der Waals surface area contributed by atoms with Gasteiger partial charge in [-0.05, 0) is 63.1 Å². The third-order valence-corrected chi connectivity index (χ3v) is 5.80. The monoisotopic (exact) mass is 484 g/mol. The first-order chi connectivity index (χ1) is 16.2. The lowest BCUT2D eigenvalue weighted by atomic mass is 10.0. The molecule has 1 saturated heterocycles. The molecule has 0 atom stereocenters. The number of carbonyl (C=O) groups is 2. The number of morpholine rings is 1. The van der Waals surface area contributed by atoms with E-state index >= 15 is 0 Å². The van der Waals surface area contributed by atoms with Gasteiger partial charge in [0.1, 0.15) is 5.60 Å². The molecule has 0 unspecified atom stereocenters. The molecule has 0 radical (unpaired) electrons. The van der Waals surface area contributed by atoms with Crippen LogP contribution in [0.25, 0.3) is 22.1 Å². The van der Waals surface area contributed by atoms with Crippen LogP contribution in [0.4, 0.5) is 10.7 Å². The number of amides is 2. The Morgan fingerprint density at radius 3 is 2.35 bits per heavy atom. The van der Waals surface area contributed by atoms with E-state index < -0.39 is 11.7 Å². The van der Waals surface area contributed by atoms with E-state index in [0.29, 0.717) is 54.9 Å². The molecule has 2 heterocycles. The van der Waals surface area contributed by atoms with Crippen LogP contribution in [0, 0.1) is 0 Å². The molecule has 8 heteroatoms. The molecule has 0 bridgehead atoms. The highest BCUT2D eigenvalue weighted by Crippen LogP contribution is 2.36. The second-order valence-electron chi connectivity index (χ2n) is 9.17. The Kier molecular flexibility index (Phi) is 6.86. The van der Waals surface area contributed by atoms with Crippen LogP contribution < -0.4 is 4.90 Å². The van der Waals surface area contributed by atoms with Gasteiger partial charge in [0.25, 0.3) is 5.91 Å². The molecule has 7 nitrogen and oxygen atoms in total. The first-order valence-electron chi connectivity index (χ1n) is 11.4. The molecule has 1 fully saturated rings. The average molecular weight is 485 g/mol. The number of ether oxygens (including phenoxy) is 2. The SMILES string of the molecule is CCN(C(=O)OC(C)(C)C)c1cc2cc(-c3ccc(C(=O)N4CCOCC4)cc3)cc(Cl)c2o1. The molecule has 4 rings (SSSR count). The number of anilines is 1. The van der Waals surface area contributed by atoms with Crippen LogP contribution >= 0.6 is 11.6 Å². The fraction of sp³-hybridized carbons (Fsp3) is 0.385. The van der Waals surface area contributed by atoms with Gasteiger partial charge in [-0.15, -0.1) is 0 Å². The van der Waals surface area contributed by atoms with E-state index in [1.807, 2.05) is 64.1 Å². The summed E-state index contributed by atoms with van der Waals surface area (Å²) in [6, 6.07) is 13.0. The second-order valence-corrected chi connectivity index (χ2v) is 9.57. The van der Waals surface area contributed by atoms with Crippen molar-refractivity contribution in [1.29, 1.82) is 0 Å². The minimum Gasteiger partial charge on any atom is -0.443 e. The lowest BCUT2D eigenvalue weighted by molar-refractivity contribution is 0.0303. The fourth-order valence-corrected chi connectivity index (χ4v) is 4.11. The van der Waals surface area contributed by atoms with Crippen molar-refractivity contribution in [3.05, 3.63) is 53.1 Å². The quantitative estimate of drug-likeness (QED) is 0.455. The van der Waals surface area contributed by atoms with Crippen molar-refractivity contribution in [2.24, 2.45) is 0 Å². The van der Waals surface area contributed by atoms with Gasteiger partial charge >= 0.3 is 6.09 Å². The highest BCUT2D eigenvalue weighted by Gasteiger charge is 2.25. The molecule has 2 amide bonds. The largest absolute Gasteiger partial charge is 0.443 e. The third kappa shape index (κ3) is 5.21. The number of rotatable bonds is 4. The highest BCUT2D eigenvalue weighted by molar-refractivity contribution is 6.35. The summed E-state index contributed by atoms with van der Waals surface area (Å²) >= 11 is 6.54. The zero-order chi connectivity index (χ0) is 24.5. The first-order valence-corrected chi connectivity index (χ1v) is 11.7. The molecule has 180 valence electrons. The van der Waals surface area contributed by atoms with Crippen molar-refractivity contribution in [2.45, 2.75) is 33.3 Å². The van der Waals surface area contributed by atoms with Crippen molar-refractivity contribution in [3.63, 3.8) is 0 Å². The molecule has 0 aliphatic carbocycles. The summed E-state index contributed by atoms with van der Waals surface area (Å²) in [6.07, 6.45) is -0.481. The lowest BCUT2D eigenvalue weighted by Gasteiger charge is -2.26. The molecule has 34 heavy (non-hydrogen) atoms. The van der Waals surface area contributed by atoms with Gasteiger partial charge in [0, 0.05) is 36.7 Å². The van der Waals surface area contributed by atoms with Crippen LogP contribution in [0.5, 0.6) is 0 Å². The topological polar surface area (TPSA) is 72.2 Å². The maximum atomic E-state index is 12.7. The predicted octanol–water partition coefficient (Wildman–Crippen LogP) is 5.99. The van der Waals surface area contributed by atoms with Crippen LogP contribution in [0.3, 0.4) is 0 Å². The van der Waals surface area contributed by atoms with Gasteiger partial charge in [-0.2, -0.15) is 0 Å². The Hall–Kier alpha value is -3.03. The molecular formula is C26H29ClN2O5. The molecular weight excluding hydrogens is 456 g/mol. The number of hydrogen-bond donors (Lipinski definition) is 0. The number of halogens is 1. The molecule has 0 N–H and O–H groups in total. The smallest absolute Gasteiger partial charge is 0.417 e. The minimum absolute atomic E-state index is 0.00427. The summed E-state index contributed by atoms with van der Waals surface area (Å²) < 4.78 is 16.7. The first kappa shape index (κ1) is 24.1. The Labute approximate surface area is 204 Å². The molecule has 1 aliphatic heterocycles. The van der Waals surface area contributed by atoms with E-state index in [-0.39, 0.29) is 5.91 Å². The number of nitrogens with zero attached hydrogens (tertiary/aromatic N) is 2. The zero-order valence-corrected chi connectivity index (χ0v) is 20.6. The van der Waals surface area contributed by atoms with Gasteiger partial charge in [-0.1, -0.05) is 23.7 Å². The summed E-state index contributed by atoms with van der Waals surface area (Å²) in [5, 5.41) is 1.21. The second kappa shape index (κ2) is 9.68. The third-order valence-electron chi connectivity index (χ3n) is 5.52. The van der Waals surface area contributed by atoms with Gasteiger partial charge in [0.2, 0.25) is 5.88 Å². The van der Waals surface area contributed by atoms with Crippen LogP contribution in [-0.4, -0.2) is 55.3 Å². The minimum atomic E-state index is -0.614. The molecule has 0 spiro atoms. The van der Waals surface area contributed by atoms with E-state index in [1.165, 1.54) is 4.90 Å². The Morgan fingerprint density at radius 2 is 1.74 bits per heavy atom. The van der Waals surface area contributed by atoms with Crippen molar-refractivity contribution in [3.8, 4) is 11.1 Å². The molecule has 3 aromatic rings. The van der Waals surface area contributed by atoms with Crippen LogP contribution in [-0.2, 0) is 9.47 Å². The van der Waals surface area contributed by atoms with Gasteiger partial charge in [0.05, 0.1) is 18.2 Å². The van der Waals surface area contributed by atoms with E-state index in [0.717, 1.165) is 16.5 Å². The van der Waals surface area contributed by atoms with Crippen molar-refractivity contribution >= 4 is 40.5 Å². The van der Waals surface area contributed by atoms with Crippen LogP contribution in [0.2, 0.25) is 5.02 Å². The van der Waals surface area contributed by atoms with Crippen molar-refractivity contribution in [1.82, 2.24) is 4.90 Å². The number of hydrogen-bond acceptors (Lipinski definition) is 5. The molecule has 0 saturated carbocycles. The van der Waals surface area contributed by atoms with E-state index in [2.05, 4.69) is 0 Å². The summed E-state index contributed by atoms with van der Waals surface area (Å²) in [4.78, 5) is 28.6. The van der Waals surface area contributed by atoms with Gasteiger partial charge in [-0.3, -0.25) is 4.79 Å². The number of benzene rings is 2. The van der Waals surface area contributed by atoms with E-state index in [9.17, 15) is 9.59 Å². The number of fused-ring (bicyclic) bond motifs is 1. The Morgan fingerprint density at radius 1 is 1.06 bits per heavy atom. The predicted molar refractivity (Wildman–Crippen MR) is 133 cm³/mol. The van der Waals surface area contributed by atoms with Crippen molar-refractivity contribution in [2.75, 3.05) is 37.7 Å². The van der Waals surface area contributed by atoms with Gasteiger partial charge in [0.15, 0.2) is 5.58 Å². The normalized spacial score (nSPS) is 14.3. The molecule has 1 aromatic heterocycles. The fourth-order valence-electron chi connectivity index (χ4n) is 3.84. The molecule has 2 aromatic carbocycles. The standard InChI is InChI=1S/C26H29ClN2O5/c1-5-29(25(31)34-26(2,3)4)22-16-20-14-19(15-21(27)23(20)33-22)17-6-8-18(9-7-17)24(30)28-10-12-32-13-11-28/h6-9,14-16H,5,10-13H2,1-4H3. The van der Waals surface area contributed by atoms with Crippen LogP contribution in [0.1, 0.15) is 38.1 Å². The summed E-state index contributed by atoms with van der Waals surface area (Å²) in [7, 11) is 0.